The van der Waals surface area contributed by atoms with Crippen LogP contribution in [0.3, 0.4) is 0 Å². The molecule has 0 radical (unpaired) electrons. The van der Waals surface area contributed by atoms with E-state index in [1.807, 2.05) is 6.92 Å². The molecule has 5 heteroatoms. The highest BCUT2D eigenvalue weighted by Gasteiger charge is 2.04. The molecular formula is C10H14ClN3O. The molecular weight excluding hydrogens is 214 g/mol. The summed E-state index contributed by atoms with van der Waals surface area (Å²) in [4.78, 5) is 4.01. The molecule has 0 unspecified atom stereocenters. The second-order valence-corrected chi connectivity index (χ2v) is 3.27. The number of hydrogen-bond donors (Lipinski definition) is 2. The van der Waals surface area contributed by atoms with E-state index >= 15 is 0 Å². The number of nitrogens with one attached hydrogen (secondary N) is 1. The van der Waals surface area contributed by atoms with Crippen molar-refractivity contribution >= 4 is 23.2 Å². The summed E-state index contributed by atoms with van der Waals surface area (Å²) in [5.74, 6) is 1.02. The number of hydrogen-bond acceptors (Lipinski definition) is 2. The fourth-order valence-electron chi connectivity index (χ4n) is 1.13. The lowest BCUT2D eigenvalue weighted by Crippen LogP contribution is -2.22. The molecule has 0 aromatic heterocycles. The largest absolute Gasteiger partial charge is 0.495 e. The van der Waals surface area contributed by atoms with Gasteiger partial charge in [-0.05, 0) is 25.1 Å². The number of ether oxygens (including phenoxy) is 1. The molecule has 0 atom stereocenters. The van der Waals surface area contributed by atoms with E-state index in [1.54, 1.807) is 25.3 Å². The van der Waals surface area contributed by atoms with E-state index in [0.717, 1.165) is 0 Å². The zero-order valence-electron chi connectivity index (χ0n) is 8.75. The number of rotatable bonds is 3. The predicted octanol–water partition coefficient (Wildman–Crippen LogP) is 2.10. The van der Waals surface area contributed by atoms with Crippen molar-refractivity contribution in [2.75, 3.05) is 19.0 Å². The number of anilines is 1. The number of nitrogens with zero attached hydrogens (tertiary/aromatic N) is 1. The Bertz CT molecular complexity index is 366. The van der Waals surface area contributed by atoms with Crippen LogP contribution >= 0.6 is 11.6 Å². The molecule has 3 N–H and O–H groups in total. The molecule has 1 aromatic rings. The van der Waals surface area contributed by atoms with Crippen LogP contribution in [0.5, 0.6) is 5.75 Å². The van der Waals surface area contributed by atoms with E-state index in [-0.39, 0.29) is 0 Å². The predicted molar refractivity (Wildman–Crippen MR) is 63.8 cm³/mol. The number of halogens is 1. The minimum absolute atomic E-state index is 0.345. The first kappa shape index (κ1) is 11.7. The third kappa shape index (κ3) is 3.32. The number of benzene rings is 1. The summed E-state index contributed by atoms with van der Waals surface area (Å²) in [6.07, 6.45) is 0. The maximum absolute atomic E-state index is 5.86. The average Bonchev–Trinajstić information content (AvgIpc) is 2.18. The Kier molecular flexibility index (Phi) is 4.24. The van der Waals surface area contributed by atoms with Gasteiger partial charge in [-0.3, -0.25) is 4.99 Å². The van der Waals surface area contributed by atoms with Crippen molar-refractivity contribution in [3.8, 4) is 5.75 Å². The van der Waals surface area contributed by atoms with E-state index in [2.05, 4.69) is 10.3 Å². The van der Waals surface area contributed by atoms with Crippen LogP contribution in [0.25, 0.3) is 0 Å². The van der Waals surface area contributed by atoms with Crippen LogP contribution in [0, 0.1) is 0 Å². The molecule has 0 aliphatic carbocycles. The number of nitrogens with two attached hydrogens (primary N) is 1. The summed E-state index contributed by atoms with van der Waals surface area (Å²) in [7, 11) is 1.58. The monoisotopic (exact) mass is 227 g/mol. The molecule has 1 rings (SSSR count). The quantitative estimate of drug-likeness (QED) is 0.614. The van der Waals surface area contributed by atoms with Crippen molar-refractivity contribution in [2.24, 2.45) is 10.7 Å². The van der Waals surface area contributed by atoms with Crippen molar-refractivity contribution in [3.05, 3.63) is 23.2 Å². The number of guanidine groups is 1. The van der Waals surface area contributed by atoms with Gasteiger partial charge >= 0.3 is 0 Å². The number of methoxy groups -OCH3 is 1. The van der Waals surface area contributed by atoms with Gasteiger partial charge in [-0.15, -0.1) is 0 Å². The molecule has 0 saturated carbocycles. The second-order valence-electron chi connectivity index (χ2n) is 2.83. The first-order valence-electron chi connectivity index (χ1n) is 4.58. The molecule has 0 spiro atoms. The molecule has 0 amide bonds. The van der Waals surface area contributed by atoms with Crippen LogP contribution in [-0.4, -0.2) is 19.6 Å². The van der Waals surface area contributed by atoms with Gasteiger partial charge in [-0.25, -0.2) is 0 Å². The third-order valence-electron chi connectivity index (χ3n) is 1.75. The standard InChI is InChI=1S/C10H14ClN3O/c1-3-13-10(12)14-8-6-7(11)4-5-9(8)15-2/h4-6H,3H2,1-2H3,(H3,12,13,14). The van der Waals surface area contributed by atoms with Gasteiger partial charge < -0.3 is 15.8 Å². The van der Waals surface area contributed by atoms with Gasteiger partial charge in [-0.2, -0.15) is 0 Å². The minimum Gasteiger partial charge on any atom is -0.495 e. The Morgan fingerprint density at radius 3 is 2.93 bits per heavy atom. The molecule has 4 nitrogen and oxygen atoms in total. The van der Waals surface area contributed by atoms with Gasteiger partial charge in [0.05, 0.1) is 12.8 Å². The van der Waals surface area contributed by atoms with Crippen molar-refractivity contribution in [1.29, 1.82) is 0 Å². The van der Waals surface area contributed by atoms with Crippen LogP contribution in [0.1, 0.15) is 6.92 Å². The molecule has 0 aliphatic rings. The lowest BCUT2D eigenvalue weighted by molar-refractivity contribution is 0.417. The molecule has 0 bridgehead atoms. The highest BCUT2D eigenvalue weighted by Crippen LogP contribution is 2.27. The first-order chi connectivity index (χ1) is 7.17. The zero-order chi connectivity index (χ0) is 11.3. The van der Waals surface area contributed by atoms with Gasteiger partial charge in [0, 0.05) is 11.6 Å². The Hall–Kier alpha value is -1.42. The van der Waals surface area contributed by atoms with Crippen molar-refractivity contribution in [1.82, 2.24) is 0 Å². The fourth-order valence-corrected chi connectivity index (χ4v) is 1.30. The van der Waals surface area contributed by atoms with Gasteiger partial charge in [0.25, 0.3) is 0 Å². The highest BCUT2D eigenvalue weighted by atomic mass is 35.5. The Labute approximate surface area is 94.1 Å². The molecule has 0 aliphatic heterocycles. The van der Waals surface area contributed by atoms with E-state index in [1.165, 1.54) is 0 Å². The van der Waals surface area contributed by atoms with Gasteiger partial charge in [-0.1, -0.05) is 11.6 Å². The number of aliphatic imine (C=N–C) groups is 1. The highest BCUT2D eigenvalue weighted by molar-refractivity contribution is 6.31. The van der Waals surface area contributed by atoms with Crippen molar-refractivity contribution in [3.63, 3.8) is 0 Å². The van der Waals surface area contributed by atoms with Crippen LogP contribution in [0.2, 0.25) is 5.02 Å². The second kappa shape index (κ2) is 5.46. The Balaban J connectivity index is 2.92. The van der Waals surface area contributed by atoms with Crippen molar-refractivity contribution in [2.45, 2.75) is 6.92 Å². The Morgan fingerprint density at radius 2 is 2.33 bits per heavy atom. The fraction of sp³-hybridized carbons (Fsp3) is 0.300. The molecule has 1 aromatic carbocycles. The van der Waals surface area contributed by atoms with E-state index < -0.39 is 0 Å². The van der Waals surface area contributed by atoms with Gasteiger partial charge in [0.15, 0.2) is 5.96 Å². The zero-order valence-corrected chi connectivity index (χ0v) is 9.51. The van der Waals surface area contributed by atoms with Crippen LogP contribution in [0.15, 0.2) is 23.2 Å². The van der Waals surface area contributed by atoms with E-state index in [0.29, 0.717) is 29.0 Å². The van der Waals surface area contributed by atoms with Crippen LogP contribution in [-0.2, 0) is 0 Å². The van der Waals surface area contributed by atoms with E-state index in [4.69, 9.17) is 22.1 Å². The summed E-state index contributed by atoms with van der Waals surface area (Å²) in [6.45, 7) is 2.53. The summed E-state index contributed by atoms with van der Waals surface area (Å²) in [6, 6.07) is 5.25. The van der Waals surface area contributed by atoms with Crippen LogP contribution in [0.4, 0.5) is 5.69 Å². The third-order valence-corrected chi connectivity index (χ3v) is 1.99. The molecule has 0 heterocycles. The first-order valence-corrected chi connectivity index (χ1v) is 4.95. The maximum Gasteiger partial charge on any atom is 0.193 e. The lowest BCUT2D eigenvalue weighted by Gasteiger charge is -2.10. The summed E-state index contributed by atoms with van der Waals surface area (Å²) in [5.41, 5.74) is 6.34. The molecule has 0 saturated heterocycles. The Morgan fingerprint density at radius 1 is 1.60 bits per heavy atom. The van der Waals surface area contributed by atoms with Crippen molar-refractivity contribution < 1.29 is 4.74 Å². The SMILES string of the molecule is CCN=C(N)Nc1cc(Cl)ccc1OC. The lowest BCUT2D eigenvalue weighted by atomic mass is 10.3. The summed E-state index contributed by atoms with van der Waals surface area (Å²) >= 11 is 5.86. The van der Waals surface area contributed by atoms with Gasteiger partial charge in [0.2, 0.25) is 0 Å². The average molecular weight is 228 g/mol. The minimum atomic E-state index is 0.345. The van der Waals surface area contributed by atoms with Gasteiger partial charge in [0.1, 0.15) is 5.75 Å². The normalized spacial score (nSPS) is 11.3. The summed E-state index contributed by atoms with van der Waals surface area (Å²) < 4.78 is 5.15. The summed E-state index contributed by atoms with van der Waals surface area (Å²) in [5, 5.41) is 3.53. The molecule has 15 heavy (non-hydrogen) atoms. The van der Waals surface area contributed by atoms with Crippen LogP contribution < -0.4 is 15.8 Å². The smallest absolute Gasteiger partial charge is 0.193 e. The maximum atomic E-state index is 5.86. The molecule has 0 fully saturated rings. The topological polar surface area (TPSA) is 59.6 Å². The molecule has 82 valence electrons. The van der Waals surface area contributed by atoms with E-state index in [9.17, 15) is 0 Å².